The van der Waals surface area contributed by atoms with Crippen molar-refractivity contribution >= 4 is 40.2 Å². The lowest BCUT2D eigenvalue weighted by Gasteiger charge is -2.50. The van der Waals surface area contributed by atoms with Gasteiger partial charge in [0.25, 0.3) is 0 Å². The van der Waals surface area contributed by atoms with Gasteiger partial charge in [-0.1, -0.05) is 279 Å². The van der Waals surface area contributed by atoms with Gasteiger partial charge < -0.3 is 9.64 Å². The maximum atomic E-state index is 9.47. The summed E-state index contributed by atoms with van der Waals surface area (Å²) in [5, 5.41) is 0. The molecule has 418 valence electrons. The van der Waals surface area contributed by atoms with E-state index in [-0.39, 0.29) is 63.5 Å². The lowest BCUT2D eigenvalue weighted by atomic mass is 9.29. The molecule has 10 aromatic rings. The van der Waals surface area contributed by atoms with Gasteiger partial charge in [0.05, 0.1) is 18.0 Å². The van der Waals surface area contributed by atoms with Crippen LogP contribution >= 0.6 is 0 Å². The van der Waals surface area contributed by atoms with Crippen LogP contribution in [-0.4, -0.2) is 6.71 Å². The van der Waals surface area contributed by atoms with Crippen molar-refractivity contribution in [3.63, 3.8) is 0 Å². The zero-order chi connectivity index (χ0) is 63.4. The zero-order valence-corrected chi connectivity index (χ0v) is 51.8. The lowest BCUT2D eigenvalue weighted by Crippen LogP contribution is -2.65. The molecule has 1 spiro atoms. The second kappa shape index (κ2) is 19.5. The van der Waals surface area contributed by atoms with Crippen LogP contribution in [0.5, 0.6) is 11.5 Å². The molecule has 84 heavy (non-hydrogen) atoms. The molecule has 3 heterocycles. The molecule has 13 rings (SSSR count). The molecule has 0 aliphatic carbocycles. The molecule has 0 saturated heterocycles. The third-order valence-corrected chi connectivity index (χ3v) is 18.2. The van der Waals surface area contributed by atoms with Gasteiger partial charge in [-0.3, -0.25) is 0 Å². The predicted octanol–water partition coefficient (Wildman–Crippen LogP) is 19.9. The van der Waals surface area contributed by atoms with Crippen LogP contribution in [0.4, 0.5) is 17.1 Å². The Morgan fingerprint density at radius 1 is 0.345 bits per heavy atom. The minimum Gasteiger partial charge on any atom is -0.457 e. The van der Waals surface area contributed by atoms with Crippen LogP contribution < -0.4 is 26.0 Å². The van der Waals surface area contributed by atoms with Gasteiger partial charge in [-0.25, -0.2) is 0 Å². The molecule has 0 bridgehead atoms. The van der Waals surface area contributed by atoms with Crippen molar-refractivity contribution in [3.05, 3.63) is 262 Å². The summed E-state index contributed by atoms with van der Waals surface area (Å²) in [5.41, 5.74) is 22.3. The molecule has 3 heteroatoms. The van der Waals surface area contributed by atoms with Crippen LogP contribution in [0, 0.1) is 0 Å². The minimum absolute atomic E-state index is 0.115. The van der Waals surface area contributed by atoms with Gasteiger partial charge in [-0.15, -0.1) is 0 Å². The molecule has 0 atom stereocenters. The van der Waals surface area contributed by atoms with Gasteiger partial charge in [-0.05, 0) is 158 Å². The summed E-state index contributed by atoms with van der Waals surface area (Å²) in [7, 11) is 0. The fourth-order valence-electron chi connectivity index (χ4n) is 13.4. The first kappa shape index (κ1) is 49.3. The number of para-hydroxylation sites is 2. The van der Waals surface area contributed by atoms with E-state index in [2.05, 4.69) is 273 Å². The quantitative estimate of drug-likeness (QED) is 0.159. The smallest absolute Gasteiger partial charge is 0.247 e. The van der Waals surface area contributed by atoms with Crippen molar-refractivity contribution < 1.29 is 11.6 Å². The molecule has 0 amide bonds. The average Bonchev–Trinajstić information content (AvgIpc) is 0.670. The van der Waals surface area contributed by atoms with Gasteiger partial charge in [0.1, 0.15) is 11.5 Å². The first-order valence-electron chi connectivity index (χ1n) is 32.6. The second-order valence-electron chi connectivity index (χ2n) is 29.1. The number of hydrogen-bond acceptors (Lipinski definition) is 2. The SMILES string of the molecule is [2H]c1c([2H])c([2H])c(-c2ccc3c(c2)C2(c4ccccc4Oc4ccccc42)c2cc(-c4cc(C(C)(C)C)cc(C(C)(C)C)c4)cc4c2B3c2ccc(-c3cc(C(C)(C)C)cc(C(C)(C)C)c3)cc2N4c2ccc(C(C)(C)C)cc2-c2ccccc2)c([2H])c1[2H]. The maximum absolute atomic E-state index is 9.47. The minimum atomic E-state index is -1.09. The number of fused-ring (bicyclic) bond motifs is 10. The van der Waals surface area contributed by atoms with Crippen molar-refractivity contribution in [2.75, 3.05) is 4.90 Å². The largest absolute Gasteiger partial charge is 0.457 e. The fourth-order valence-corrected chi connectivity index (χ4v) is 13.4. The number of anilines is 3. The Kier molecular flexibility index (Phi) is 11.4. The van der Waals surface area contributed by atoms with Crippen LogP contribution in [0.2, 0.25) is 0 Å². The molecule has 0 saturated carbocycles. The molecule has 3 aliphatic heterocycles. The number of benzene rings is 10. The van der Waals surface area contributed by atoms with Gasteiger partial charge in [0.2, 0.25) is 6.71 Å². The summed E-state index contributed by atoms with van der Waals surface area (Å²) in [5.74, 6) is 1.45. The van der Waals surface area contributed by atoms with Crippen LogP contribution in [0.25, 0.3) is 44.5 Å². The van der Waals surface area contributed by atoms with E-state index in [1.165, 1.54) is 27.8 Å². The fraction of sp³-hybridized carbons (Fsp3) is 0.259. The first-order valence-corrected chi connectivity index (χ1v) is 30.1. The van der Waals surface area contributed by atoms with Crippen LogP contribution in [0.3, 0.4) is 0 Å². The van der Waals surface area contributed by atoms with Gasteiger partial charge in [-0.2, -0.15) is 0 Å². The summed E-state index contributed by atoms with van der Waals surface area (Å²) in [6.45, 7) is 34.2. The third-order valence-electron chi connectivity index (χ3n) is 18.2. The van der Waals surface area contributed by atoms with Crippen molar-refractivity contribution in [1.82, 2.24) is 0 Å². The van der Waals surface area contributed by atoms with E-state index >= 15 is 0 Å². The van der Waals surface area contributed by atoms with E-state index in [0.717, 1.165) is 101 Å². The second-order valence-corrected chi connectivity index (χ2v) is 29.1. The topological polar surface area (TPSA) is 12.5 Å². The molecular formula is C81H80BNO. The Morgan fingerprint density at radius 3 is 1.36 bits per heavy atom. The van der Waals surface area contributed by atoms with E-state index in [9.17, 15) is 2.74 Å². The van der Waals surface area contributed by atoms with Gasteiger partial charge in [0.15, 0.2) is 0 Å². The normalized spacial score (nSPS) is 15.1. The average molecular weight is 1100 g/mol. The Bertz CT molecular complexity index is 4420. The van der Waals surface area contributed by atoms with Crippen LogP contribution in [-0.2, 0) is 32.5 Å². The highest BCUT2D eigenvalue weighted by Crippen LogP contribution is 2.59. The van der Waals surface area contributed by atoms with E-state index in [4.69, 9.17) is 8.85 Å². The molecule has 0 unspecified atom stereocenters. The molecular weight excluding hydrogens is 1010 g/mol. The van der Waals surface area contributed by atoms with Crippen LogP contribution in [0.15, 0.2) is 212 Å². The van der Waals surface area contributed by atoms with Crippen LogP contribution in [0.1, 0.15) is 161 Å². The first-order chi connectivity index (χ1) is 41.8. The molecule has 0 N–H and O–H groups in total. The molecule has 0 aromatic heterocycles. The molecule has 3 aliphatic rings. The molecule has 10 aromatic carbocycles. The summed E-state index contributed by atoms with van der Waals surface area (Å²) >= 11 is 0. The van der Waals surface area contributed by atoms with Crippen molar-refractivity contribution in [2.45, 2.75) is 136 Å². The summed E-state index contributed by atoms with van der Waals surface area (Å²) in [6, 6.07) is 66.1. The maximum Gasteiger partial charge on any atom is 0.247 e. The standard InChI is InChI=1S/C81H80BNO/c1-76(2,3)58-36-39-70(63(50-58)52-28-20-17-21-29-52)83-71-46-54(55-40-59(77(4,5)6)48-60(41-55)78(7,8)9)35-38-69(71)82-68-37-34-53(51-26-18-16-19-27-51)44-66(68)81(64-30-22-24-32-73(64)84-74-33-25-23-31-65(74)81)67-45-57(47-72(83)75(67)82)56-42-61(79(10,11)12)49-62(43-56)80(13,14)15/h16-50H,1-15H3/i16D,18D,19D,26D,27D. The van der Waals surface area contributed by atoms with Crippen molar-refractivity contribution in [1.29, 1.82) is 0 Å². The van der Waals surface area contributed by atoms with Gasteiger partial charge in [0, 0.05) is 28.1 Å². The van der Waals surface area contributed by atoms with Gasteiger partial charge >= 0.3 is 0 Å². The highest BCUT2D eigenvalue weighted by molar-refractivity contribution is 6.99. The lowest BCUT2D eigenvalue weighted by molar-refractivity contribution is 0.435. The molecule has 2 nitrogen and oxygen atoms in total. The zero-order valence-electron chi connectivity index (χ0n) is 56.8. The Balaban J connectivity index is 1.26. The Hall–Kier alpha value is -8.14. The number of nitrogens with zero attached hydrogens (tertiary/aromatic N) is 1. The Morgan fingerprint density at radius 2 is 0.810 bits per heavy atom. The van der Waals surface area contributed by atoms with Crippen molar-refractivity contribution in [3.8, 4) is 56.0 Å². The van der Waals surface area contributed by atoms with E-state index in [1.807, 2.05) is 18.2 Å². The van der Waals surface area contributed by atoms with Crippen molar-refractivity contribution in [2.24, 2.45) is 0 Å². The summed E-state index contributed by atoms with van der Waals surface area (Å²) < 4.78 is 52.7. The number of rotatable bonds is 5. The monoisotopic (exact) mass is 1100 g/mol. The highest BCUT2D eigenvalue weighted by atomic mass is 16.5. The number of ether oxygens (including phenoxy) is 1. The predicted molar refractivity (Wildman–Crippen MR) is 359 cm³/mol. The Labute approximate surface area is 508 Å². The number of hydrogen-bond donors (Lipinski definition) is 0. The van der Waals surface area contributed by atoms with E-state index in [1.54, 1.807) is 0 Å². The summed E-state index contributed by atoms with van der Waals surface area (Å²) in [6.07, 6.45) is 0. The third kappa shape index (κ3) is 9.16. The summed E-state index contributed by atoms with van der Waals surface area (Å²) in [4.78, 5) is 2.60. The van der Waals surface area contributed by atoms with E-state index in [0.29, 0.717) is 5.56 Å². The molecule has 0 radical (unpaired) electrons. The highest BCUT2D eigenvalue weighted by Gasteiger charge is 2.55. The molecule has 0 fully saturated rings. The van der Waals surface area contributed by atoms with E-state index < -0.39 is 11.5 Å².